The lowest BCUT2D eigenvalue weighted by Crippen LogP contribution is -2.42. The Morgan fingerprint density at radius 1 is 0.560 bits per heavy atom. The van der Waals surface area contributed by atoms with E-state index in [1.807, 2.05) is 6.92 Å². The van der Waals surface area contributed by atoms with Crippen LogP contribution < -0.4 is 21.7 Å². The van der Waals surface area contributed by atoms with Crippen LogP contribution in [0.1, 0.15) is 104 Å². The van der Waals surface area contributed by atoms with Gasteiger partial charge in [-0.25, -0.2) is 9.59 Å². The fourth-order valence-electron chi connectivity index (χ4n) is 4.97. The van der Waals surface area contributed by atoms with Crippen LogP contribution in [0.2, 0.25) is 0 Å². The highest BCUT2D eigenvalue weighted by molar-refractivity contribution is 5.88. The summed E-state index contributed by atoms with van der Waals surface area (Å²) in [5.74, 6) is -11.8. The number of carbonyl (C=O) groups excluding carboxylic acids is 6. The molecular weight excluding hydrogens is 664 g/mol. The minimum atomic E-state index is -1.53. The monoisotopic (exact) mass is 714 g/mol. The molecule has 4 amide bonds. The van der Waals surface area contributed by atoms with Gasteiger partial charge in [0.15, 0.2) is 0 Å². The maximum absolute atomic E-state index is 12.5. The Bertz CT molecular complexity index is 1240. The molecule has 0 bridgehead atoms. The van der Waals surface area contributed by atoms with Crippen LogP contribution in [0, 0.1) is 17.8 Å². The third-order valence-electron chi connectivity index (χ3n) is 7.98. The summed E-state index contributed by atoms with van der Waals surface area (Å²) >= 11 is 0. The number of carbonyl (C=O) groups is 10. The first-order valence-electron chi connectivity index (χ1n) is 16.4. The fourth-order valence-corrected chi connectivity index (χ4v) is 4.97. The molecule has 0 unspecified atom stereocenters. The van der Waals surface area contributed by atoms with Gasteiger partial charge >= 0.3 is 23.9 Å². The summed E-state index contributed by atoms with van der Waals surface area (Å²) in [5, 5.41) is 44.7. The quantitative estimate of drug-likeness (QED) is 0.0486. The van der Waals surface area contributed by atoms with Crippen molar-refractivity contribution in [2.24, 2.45) is 23.5 Å². The summed E-state index contributed by atoms with van der Waals surface area (Å²) < 4.78 is 0. The van der Waals surface area contributed by atoms with E-state index in [4.69, 9.17) is 10.8 Å². The van der Waals surface area contributed by atoms with Gasteiger partial charge in [0.1, 0.15) is 23.7 Å². The van der Waals surface area contributed by atoms with E-state index in [1.165, 1.54) is 6.92 Å². The Kier molecular flexibility index (Phi) is 21.9. The number of nitrogens with one attached hydrogen (secondary N) is 3. The summed E-state index contributed by atoms with van der Waals surface area (Å²) in [7, 11) is 0. The second kappa shape index (κ2) is 24.3. The molecule has 0 aliphatic carbocycles. The Hall–Kier alpha value is -4.90. The number of hydrogen-bond donors (Lipinski definition) is 8. The van der Waals surface area contributed by atoms with Gasteiger partial charge in [0.05, 0.1) is 11.8 Å². The number of ketones is 2. The molecule has 0 aliphatic rings. The van der Waals surface area contributed by atoms with Gasteiger partial charge in [-0.15, -0.1) is 0 Å². The van der Waals surface area contributed by atoms with Crippen LogP contribution >= 0.6 is 0 Å². The third-order valence-corrected chi connectivity index (χ3v) is 7.98. The molecule has 9 N–H and O–H groups in total. The standard InChI is InChI=1S/C32H50N4O14/c1-3-19(28(33)42)6-4-5-15-34-25(39)14-11-24(32(49)50)36-27(41)13-8-21(30(45)46)17-22(38)9-10-23(31(47)48)35-26(40)12-7-20(29(43)44)16-18(2)37/h19-21,23-24H,3-17H2,1-2H3,(H2,33,42)(H,34,39)(H,35,40)(H,36,41)(H,43,44)(H,45,46)(H,47,48)(H,49,50)/t19-,20+,21+,23-,24-/m0/s1. The van der Waals surface area contributed by atoms with Crippen molar-refractivity contribution in [1.29, 1.82) is 0 Å². The minimum absolute atomic E-state index is 0.218. The number of amides is 4. The smallest absolute Gasteiger partial charge is 0.326 e. The van der Waals surface area contributed by atoms with Gasteiger partial charge in [0, 0.05) is 51.0 Å². The van der Waals surface area contributed by atoms with Crippen LogP contribution in [0.4, 0.5) is 0 Å². The summed E-state index contributed by atoms with van der Waals surface area (Å²) in [6.45, 7) is 3.35. The molecule has 0 aromatic heterocycles. The number of Topliss-reactive ketones (excluding diaryl/α,β-unsaturated/α-hetero) is 2. The molecule has 0 saturated heterocycles. The van der Waals surface area contributed by atoms with Crippen LogP contribution in [0.15, 0.2) is 0 Å². The largest absolute Gasteiger partial charge is 0.481 e. The van der Waals surface area contributed by atoms with E-state index >= 15 is 0 Å². The Labute approximate surface area is 289 Å². The number of unbranched alkanes of at least 4 members (excludes halogenated alkanes) is 1. The number of rotatable bonds is 29. The van der Waals surface area contributed by atoms with Crippen LogP contribution in [0.5, 0.6) is 0 Å². The number of aliphatic carboxylic acids is 4. The SMILES string of the molecule is CC[C@@H](CCCCNC(=O)CC[C@H](NC(=O)CC[C@H](CC(=O)CC[C@H](NC(=O)CC[C@H](CC(C)=O)C(=O)O)C(=O)O)C(=O)O)C(=O)O)C(N)=O. The van der Waals surface area contributed by atoms with Crippen molar-refractivity contribution in [2.75, 3.05) is 6.54 Å². The van der Waals surface area contributed by atoms with Crippen LogP contribution in [-0.2, 0) is 47.9 Å². The van der Waals surface area contributed by atoms with E-state index in [-0.39, 0.29) is 50.4 Å². The molecule has 0 fully saturated rings. The van der Waals surface area contributed by atoms with Crippen molar-refractivity contribution in [3.63, 3.8) is 0 Å². The zero-order valence-corrected chi connectivity index (χ0v) is 28.4. The zero-order chi connectivity index (χ0) is 38.4. The zero-order valence-electron chi connectivity index (χ0n) is 28.4. The summed E-state index contributed by atoms with van der Waals surface area (Å²) in [6.07, 6.45) is -1.15. The molecule has 282 valence electrons. The van der Waals surface area contributed by atoms with Gasteiger partial charge in [-0.1, -0.05) is 13.3 Å². The number of nitrogens with two attached hydrogens (primary N) is 1. The van der Waals surface area contributed by atoms with E-state index in [2.05, 4.69) is 16.0 Å². The van der Waals surface area contributed by atoms with Gasteiger partial charge in [0.25, 0.3) is 0 Å². The molecule has 0 aliphatic heterocycles. The molecule has 18 heteroatoms. The molecule has 0 aromatic carbocycles. The van der Waals surface area contributed by atoms with Crippen molar-refractivity contribution >= 4 is 59.1 Å². The first-order chi connectivity index (χ1) is 23.4. The molecule has 50 heavy (non-hydrogen) atoms. The van der Waals surface area contributed by atoms with E-state index in [0.29, 0.717) is 32.2 Å². The molecule has 0 heterocycles. The van der Waals surface area contributed by atoms with E-state index < -0.39 is 103 Å². The van der Waals surface area contributed by atoms with Crippen molar-refractivity contribution in [1.82, 2.24) is 16.0 Å². The van der Waals surface area contributed by atoms with E-state index in [0.717, 1.165) is 0 Å². The van der Waals surface area contributed by atoms with Crippen LogP contribution in [-0.4, -0.2) is 98.1 Å². The molecule has 5 atom stereocenters. The Morgan fingerprint density at radius 2 is 1.02 bits per heavy atom. The van der Waals surface area contributed by atoms with E-state index in [9.17, 15) is 63.3 Å². The fraction of sp³-hybridized carbons (Fsp3) is 0.688. The maximum atomic E-state index is 12.5. The lowest BCUT2D eigenvalue weighted by atomic mass is 9.94. The number of primary amides is 1. The number of carboxylic acids is 4. The number of hydrogen-bond acceptors (Lipinski definition) is 10. The highest BCUT2D eigenvalue weighted by Crippen LogP contribution is 2.17. The first-order valence-corrected chi connectivity index (χ1v) is 16.4. The average Bonchev–Trinajstić information content (AvgIpc) is 3.02. The second-order valence-electron chi connectivity index (χ2n) is 12.1. The Morgan fingerprint density at radius 3 is 1.44 bits per heavy atom. The predicted octanol–water partition coefficient (Wildman–Crippen LogP) is 0.384. The average molecular weight is 715 g/mol. The molecule has 18 nitrogen and oxygen atoms in total. The topological polar surface area (TPSA) is 314 Å². The van der Waals surface area contributed by atoms with E-state index in [1.54, 1.807) is 0 Å². The van der Waals surface area contributed by atoms with Crippen molar-refractivity contribution in [3.05, 3.63) is 0 Å². The minimum Gasteiger partial charge on any atom is -0.481 e. The molecule has 0 radical (unpaired) electrons. The molecule has 0 aromatic rings. The van der Waals surface area contributed by atoms with Gasteiger partial charge in [-0.2, -0.15) is 0 Å². The summed E-state index contributed by atoms with van der Waals surface area (Å²) in [4.78, 5) is 118. The number of carboxylic acid groups (broad SMARTS) is 4. The summed E-state index contributed by atoms with van der Waals surface area (Å²) in [6, 6.07) is -2.97. The van der Waals surface area contributed by atoms with Crippen LogP contribution in [0.3, 0.4) is 0 Å². The van der Waals surface area contributed by atoms with Gasteiger partial charge in [-0.05, 0) is 51.9 Å². The van der Waals surface area contributed by atoms with Crippen molar-refractivity contribution in [2.45, 2.75) is 116 Å². The summed E-state index contributed by atoms with van der Waals surface area (Å²) in [5.41, 5.74) is 5.30. The van der Waals surface area contributed by atoms with Crippen LogP contribution in [0.25, 0.3) is 0 Å². The second-order valence-corrected chi connectivity index (χ2v) is 12.1. The Balaban J connectivity index is 4.79. The van der Waals surface area contributed by atoms with Gasteiger partial charge in [0.2, 0.25) is 23.6 Å². The van der Waals surface area contributed by atoms with Gasteiger partial charge in [-0.3, -0.25) is 33.6 Å². The van der Waals surface area contributed by atoms with Crippen molar-refractivity contribution < 1.29 is 68.4 Å². The third kappa shape index (κ3) is 20.5. The van der Waals surface area contributed by atoms with Crippen molar-refractivity contribution in [3.8, 4) is 0 Å². The van der Waals surface area contributed by atoms with Gasteiger partial charge < -0.3 is 46.9 Å². The first kappa shape index (κ1) is 45.1. The molecule has 0 spiro atoms. The highest BCUT2D eigenvalue weighted by atomic mass is 16.4. The molecular formula is C32H50N4O14. The lowest BCUT2D eigenvalue weighted by Gasteiger charge is -2.17. The molecule has 0 rings (SSSR count). The predicted molar refractivity (Wildman–Crippen MR) is 173 cm³/mol. The lowest BCUT2D eigenvalue weighted by molar-refractivity contribution is -0.145. The molecule has 0 saturated carbocycles. The highest BCUT2D eigenvalue weighted by Gasteiger charge is 2.27. The maximum Gasteiger partial charge on any atom is 0.326 e. The normalized spacial score (nSPS) is 13.8.